The zero-order valence-electron chi connectivity index (χ0n) is 10.0. The largest absolute Gasteiger partial charge is 0.488 e. The molecular weight excluding hydrogens is 205 g/mol. The van der Waals surface area contributed by atoms with Crippen molar-refractivity contribution in [3.8, 4) is 5.75 Å². The van der Waals surface area contributed by atoms with Gasteiger partial charge in [-0.2, -0.15) is 0 Å². The molecule has 88 valence electrons. The number of halogens is 1. The summed E-state index contributed by atoms with van der Waals surface area (Å²) in [5.74, 6) is 0.633. The van der Waals surface area contributed by atoms with Crippen LogP contribution in [0.1, 0.15) is 26.3 Å². The first-order valence-electron chi connectivity index (χ1n) is 5.64. The molecule has 1 N–H and O–H groups in total. The summed E-state index contributed by atoms with van der Waals surface area (Å²) < 4.78 is 18.7. The molecule has 2 nitrogen and oxygen atoms in total. The van der Waals surface area contributed by atoms with Crippen molar-refractivity contribution >= 4 is 0 Å². The summed E-state index contributed by atoms with van der Waals surface area (Å²) in [5.41, 5.74) is 1.06. The van der Waals surface area contributed by atoms with Gasteiger partial charge in [0.15, 0.2) is 0 Å². The number of hydrogen-bond donors (Lipinski definition) is 1. The molecule has 1 aromatic rings. The second-order valence-electron chi connectivity index (χ2n) is 5.33. The lowest BCUT2D eigenvalue weighted by molar-refractivity contribution is 0.212. The van der Waals surface area contributed by atoms with Crippen LogP contribution in [0.25, 0.3) is 0 Å². The monoisotopic (exact) mass is 223 g/mol. The smallest absolute Gasteiger partial charge is 0.123 e. The molecule has 0 saturated heterocycles. The lowest BCUT2D eigenvalue weighted by atomic mass is 10.1. The van der Waals surface area contributed by atoms with Crippen LogP contribution >= 0.6 is 0 Å². The SMILES string of the molecule is CC(C)(C)NCC1Cc2cc(F)ccc2O1. The minimum atomic E-state index is -0.188. The number of fused-ring (bicyclic) bond motifs is 1. The van der Waals surface area contributed by atoms with Crippen molar-refractivity contribution < 1.29 is 9.13 Å². The minimum Gasteiger partial charge on any atom is -0.488 e. The van der Waals surface area contributed by atoms with Crippen molar-refractivity contribution in [2.75, 3.05) is 6.54 Å². The van der Waals surface area contributed by atoms with Gasteiger partial charge >= 0.3 is 0 Å². The van der Waals surface area contributed by atoms with Gasteiger partial charge in [0.25, 0.3) is 0 Å². The number of nitrogens with one attached hydrogen (secondary N) is 1. The van der Waals surface area contributed by atoms with Gasteiger partial charge in [-0.05, 0) is 39.0 Å². The molecule has 0 aromatic heterocycles. The Kier molecular flexibility index (Phi) is 2.89. The van der Waals surface area contributed by atoms with Crippen molar-refractivity contribution in [3.63, 3.8) is 0 Å². The standard InChI is InChI=1S/C13H18FNO/c1-13(2,3)15-8-11-7-9-6-10(14)4-5-12(9)16-11/h4-6,11,15H,7-8H2,1-3H3. The fourth-order valence-corrected chi connectivity index (χ4v) is 1.82. The Morgan fingerprint density at radius 2 is 2.19 bits per heavy atom. The predicted molar refractivity (Wildman–Crippen MR) is 62.3 cm³/mol. The van der Waals surface area contributed by atoms with Crippen LogP contribution < -0.4 is 10.1 Å². The molecule has 0 bridgehead atoms. The molecule has 16 heavy (non-hydrogen) atoms. The minimum absolute atomic E-state index is 0.0867. The quantitative estimate of drug-likeness (QED) is 0.831. The Morgan fingerprint density at radius 3 is 2.88 bits per heavy atom. The van der Waals surface area contributed by atoms with Gasteiger partial charge in [-0.25, -0.2) is 4.39 Å². The molecule has 0 aliphatic carbocycles. The number of ether oxygens (including phenoxy) is 1. The van der Waals surface area contributed by atoms with E-state index in [-0.39, 0.29) is 17.5 Å². The maximum atomic E-state index is 13.0. The Labute approximate surface area is 95.8 Å². The highest BCUT2D eigenvalue weighted by Crippen LogP contribution is 2.29. The molecule has 0 radical (unpaired) electrons. The molecule has 1 unspecified atom stereocenters. The summed E-state index contributed by atoms with van der Waals surface area (Å²) in [5, 5.41) is 3.39. The van der Waals surface area contributed by atoms with Gasteiger partial charge in [0.2, 0.25) is 0 Å². The molecule has 1 aliphatic heterocycles. The van der Waals surface area contributed by atoms with Gasteiger partial charge in [-0.1, -0.05) is 0 Å². The highest BCUT2D eigenvalue weighted by atomic mass is 19.1. The van der Waals surface area contributed by atoms with E-state index >= 15 is 0 Å². The summed E-state index contributed by atoms with van der Waals surface area (Å²) in [6, 6.07) is 4.71. The zero-order valence-corrected chi connectivity index (χ0v) is 10.0. The highest BCUT2D eigenvalue weighted by molar-refractivity contribution is 5.37. The van der Waals surface area contributed by atoms with Crippen molar-refractivity contribution in [3.05, 3.63) is 29.6 Å². The lowest BCUT2D eigenvalue weighted by Gasteiger charge is -2.22. The molecule has 1 heterocycles. The number of rotatable bonds is 2. The van der Waals surface area contributed by atoms with Crippen LogP contribution in [0.15, 0.2) is 18.2 Å². The van der Waals surface area contributed by atoms with Gasteiger partial charge < -0.3 is 10.1 Å². The van der Waals surface area contributed by atoms with Crippen LogP contribution in [0, 0.1) is 5.82 Å². The second kappa shape index (κ2) is 4.06. The van der Waals surface area contributed by atoms with Crippen LogP contribution in [-0.4, -0.2) is 18.2 Å². The van der Waals surface area contributed by atoms with Crippen molar-refractivity contribution in [2.24, 2.45) is 0 Å². The van der Waals surface area contributed by atoms with Gasteiger partial charge in [-0.3, -0.25) is 0 Å². The molecule has 1 aliphatic rings. The predicted octanol–water partition coefficient (Wildman–Crippen LogP) is 2.52. The Morgan fingerprint density at radius 1 is 1.44 bits per heavy atom. The van der Waals surface area contributed by atoms with E-state index in [0.29, 0.717) is 0 Å². The molecule has 3 heteroatoms. The summed E-state index contributed by atoms with van der Waals surface area (Å²) >= 11 is 0. The van der Waals surface area contributed by atoms with E-state index in [9.17, 15) is 4.39 Å². The van der Waals surface area contributed by atoms with E-state index in [1.165, 1.54) is 6.07 Å². The van der Waals surface area contributed by atoms with E-state index in [2.05, 4.69) is 26.1 Å². The normalized spacial score (nSPS) is 19.4. The average molecular weight is 223 g/mol. The molecule has 0 amide bonds. The first-order valence-corrected chi connectivity index (χ1v) is 5.64. The Balaban J connectivity index is 1.95. The molecule has 0 fully saturated rings. The lowest BCUT2D eigenvalue weighted by Crippen LogP contribution is -2.42. The Hall–Kier alpha value is -1.09. The van der Waals surface area contributed by atoms with Gasteiger partial charge in [0.05, 0.1) is 0 Å². The van der Waals surface area contributed by atoms with Gasteiger partial charge in [-0.15, -0.1) is 0 Å². The molecule has 1 atom stereocenters. The van der Waals surface area contributed by atoms with Gasteiger partial charge in [0.1, 0.15) is 17.7 Å². The van der Waals surface area contributed by atoms with E-state index < -0.39 is 0 Å². The molecular formula is C13H18FNO. The summed E-state index contributed by atoms with van der Waals surface area (Å²) in [4.78, 5) is 0. The van der Waals surface area contributed by atoms with Crippen molar-refractivity contribution in [2.45, 2.75) is 38.8 Å². The van der Waals surface area contributed by atoms with E-state index in [1.807, 2.05) is 0 Å². The first kappa shape index (κ1) is 11.4. The van der Waals surface area contributed by atoms with Crippen LogP contribution in [0.2, 0.25) is 0 Å². The van der Waals surface area contributed by atoms with E-state index in [0.717, 1.165) is 24.3 Å². The van der Waals surface area contributed by atoms with Gasteiger partial charge in [0, 0.05) is 24.1 Å². The van der Waals surface area contributed by atoms with Crippen LogP contribution in [-0.2, 0) is 6.42 Å². The molecule has 0 saturated carbocycles. The second-order valence-corrected chi connectivity index (χ2v) is 5.33. The van der Waals surface area contributed by atoms with Crippen molar-refractivity contribution in [1.82, 2.24) is 5.32 Å². The fraction of sp³-hybridized carbons (Fsp3) is 0.538. The maximum Gasteiger partial charge on any atom is 0.123 e. The van der Waals surface area contributed by atoms with E-state index in [1.54, 1.807) is 12.1 Å². The molecule has 2 rings (SSSR count). The zero-order chi connectivity index (χ0) is 11.8. The summed E-state index contributed by atoms with van der Waals surface area (Å²) in [6.45, 7) is 7.15. The maximum absolute atomic E-state index is 13.0. The Bertz CT molecular complexity index is 384. The van der Waals surface area contributed by atoms with Crippen LogP contribution in [0.3, 0.4) is 0 Å². The third-order valence-corrected chi connectivity index (χ3v) is 2.62. The van der Waals surface area contributed by atoms with E-state index in [4.69, 9.17) is 4.74 Å². The van der Waals surface area contributed by atoms with Crippen LogP contribution in [0.4, 0.5) is 4.39 Å². The molecule has 0 spiro atoms. The molecule has 1 aromatic carbocycles. The van der Waals surface area contributed by atoms with Crippen molar-refractivity contribution in [1.29, 1.82) is 0 Å². The third-order valence-electron chi connectivity index (χ3n) is 2.62. The highest BCUT2D eigenvalue weighted by Gasteiger charge is 2.24. The number of benzene rings is 1. The topological polar surface area (TPSA) is 21.3 Å². The first-order chi connectivity index (χ1) is 7.44. The third kappa shape index (κ3) is 2.73. The summed E-state index contributed by atoms with van der Waals surface area (Å²) in [7, 11) is 0. The summed E-state index contributed by atoms with van der Waals surface area (Å²) in [6.07, 6.45) is 0.909. The number of hydrogen-bond acceptors (Lipinski definition) is 2. The van der Waals surface area contributed by atoms with Crippen LogP contribution in [0.5, 0.6) is 5.75 Å². The fourth-order valence-electron chi connectivity index (χ4n) is 1.82. The average Bonchev–Trinajstić information content (AvgIpc) is 2.55.